The molecule has 3 amide bonds. The minimum Gasteiger partial charge on any atom is -0.368 e. The van der Waals surface area contributed by atoms with E-state index in [1.54, 1.807) is 18.2 Å². The van der Waals surface area contributed by atoms with Gasteiger partial charge >= 0.3 is 0 Å². The van der Waals surface area contributed by atoms with Gasteiger partial charge in [0.1, 0.15) is 11.5 Å². The summed E-state index contributed by atoms with van der Waals surface area (Å²) in [5.41, 5.74) is 4.26. The highest BCUT2D eigenvalue weighted by Crippen LogP contribution is 2.38. The van der Waals surface area contributed by atoms with E-state index in [0.717, 1.165) is 11.2 Å². The van der Waals surface area contributed by atoms with Gasteiger partial charge in [0.05, 0.1) is 11.4 Å². The van der Waals surface area contributed by atoms with Crippen molar-refractivity contribution in [1.29, 1.82) is 0 Å². The molecule has 0 bridgehead atoms. The van der Waals surface area contributed by atoms with Gasteiger partial charge in [-0.05, 0) is 26.1 Å². The van der Waals surface area contributed by atoms with Crippen molar-refractivity contribution in [3.05, 3.63) is 24.3 Å². The number of carbonyl (C=O) groups excluding carboxylic acids is 3. The number of fused-ring (bicyclic) bond motifs is 1. The second kappa shape index (κ2) is 6.69. The maximum absolute atomic E-state index is 13.0. The Morgan fingerprint density at radius 3 is 2.35 bits per heavy atom. The molecular formula is C16H22N4O5S. The first kappa shape index (κ1) is 19.9. The van der Waals surface area contributed by atoms with E-state index in [2.05, 4.69) is 10.6 Å². The highest BCUT2D eigenvalue weighted by molar-refractivity contribution is 7.91. The minimum atomic E-state index is -4.00. The molecule has 0 spiro atoms. The van der Waals surface area contributed by atoms with Crippen LogP contribution in [0.25, 0.3) is 0 Å². The summed E-state index contributed by atoms with van der Waals surface area (Å²) in [5, 5.41) is 3.65. The van der Waals surface area contributed by atoms with E-state index in [1.165, 1.54) is 27.0 Å². The van der Waals surface area contributed by atoms with Gasteiger partial charge in [0.2, 0.25) is 17.7 Å². The number of likely N-dealkylation sites (N-methyl/N-ethyl adjacent to an activating group) is 1. The van der Waals surface area contributed by atoms with Crippen LogP contribution in [0.2, 0.25) is 0 Å². The van der Waals surface area contributed by atoms with Gasteiger partial charge in [0.15, 0.2) is 15.2 Å². The van der Waals surface area contributed by atoms with Gasteiger partial charge in [-0.15, -0.1) is 0 Å². The molecule has 1 aliphatic heterocycles. The van der Waals surface area contributed by atoms with Gasteiger partial charge in [-0.3, -0.25) is 19.3 Å². The Hall–Kier alpha value is -2.46. The van der Waals surface area contributed by atoms with Crippen molar-refractivity contribution >= 4 is 38.9 Å². The minimum absolute atomic E-state index is 0.231. The number of nitrogens with one attached hydrogen (secondary N) is 2. The van der Waals surface area contributed by atoms with Crippen LogP contribution in [0, 0.1) is 5.92 Å². The quantitative estimate of drug-likeness (QED) is 0.638. The molecule has 0 aliphatic carbocycles. The lowest BCUT2D eigenvalue weighted by Gasteiger charge is -2.40. The van der Waals surface area contributed by atoms with Gasteiger partial charge in [-0.1, -0.05) is 12.1 Å². The van der Waals surface area contributed by atoms with Crippen molar-refractivity contribution in [2.24, 2.45) is 11.7 Å². The summed E-state index contributed by atoms with van der Waals surface area (Å²) in [6.45, 7) is 2.54. The molecule has 142 valence electrons. The fraction of sp³-hybridized carbons (Fsp3) is 0.438. The van der Waals surface area contributed by atoms with Crippen LogP contribution in [0.15, 0.2) is 24.3 Å². The van der Waals surface area contributed by atoms with Crippen LogP contribution in [-0.2, 0) is 24.2 Å². The standard InChI is InChI=1S/C16H22N4O5S/c1-9(21)20-11-8-6-5-7-10(11)19-13(22)12(14(20)26(4,24)25)16(2,18-3)15(17)23/h5-8,12,14,18H,1-4H3,(H2,17,23)(H,19,22). The highest BCUT2D eigenvalue weighted by atomic mass is 32.2. The van der Waals surface area contributed by atoms with E-state index in [0.29, 0.717) is 0 Å². The average Bonchev–Trinajstić information content (AvgIpc) is 2.67. The number of para-hydroxylation sites is 2. The molecular weight excluding hydrogens is 360 g/mol. The van der Waals surface area contributed by atoms with Crippen molar-refractivity contribution in [2.75, 3.05) is 23.5 Å². The van der Waals surface area contributed by atoms with Gasteiger partial charge < -0.3 is 16.4 Å². The van der Waals surface area contributed by atoms with Crippen LogP contribution in [0.4, 0.5) is 11.4 Å². The normalized spacial score (nSPS) is 22.6. The molecule has 9 nitrogen and oxygen atoms in total. The maximum atomic E-state index is 13.0. The average molecular weight is 382 g/mol. The Balaban J connectivity index is 2.87. The summed E-state index contributed by atoms with van der Waals surface area (Å²) in [7, 11) is -2.60. The number of nitrogens with two attached hydrogens (primary N) is 1. The van der Waals surface area contributed by atoms with Crippen molar-refractivity contribution in [2.45, 2.75) is 24.8 Å². The second-order valence-corrected chi connectivity index (χ2v) is 8.55. The number of primary amides is 1. The van der Waals surface area contributed by atoms with E-state index in [9.17, 15) is 22.8 Å². The third-order valence-electron chi connectivity index (χ3n) is 4.67. The molecule has 3 atom stereocenters. The number of hydrogen-bond donors (Lipinski definition) is 3. The Bertz CT molecular complexity index is 869. The van der Waals surface area contributed by atoms with Gasteiger partial charge in [0, 0.05) is 13.2 Å². The molecule has 1 aromatic rings. The molecule has 26 heavy (non-hydrogen) atoms. The first-order valence-corrected chi connectivity index (χ1v) is 9.78. The lowest BCUT2D eigenvalue weighted by molar-refractivity contribution is -0.133. The zero-order valence-electron chi connectivity index (χ0n) is 14.9. The molecule has 0 radical (unpaired) electrons. The molecule has 1 aliphatic rings. The Morgan fingerprint density at radius 1 is 1.31 bits per heavy atom. The molecule has 0 saturated heterocycles. The SMILES string of the molecule is CNC(C)(C(N)=O)C1C(=O)Nc2ccccc2N(C(C)=O)C1S(C)(=O)=O. The fourth-order valence-corrected chi connectivity index (χ4v) is 4.72. The molecule has 0 aromatic heterocycles. The van der Waals surface area contributed by atoms with Crippen LogP contribution in [0.3, 0.4) is 0 Å². The van der Waals surface area contributed by atoms with E-state index in [4.69, 9.17) is 5.73 Å². The number of sulfone groups is 1. The van der Waals surface area contributed by atoms with Crippen molar-refractivity contribution in [1.82, 2.24) is 5.32 Å². The zero-order valence-corrected chi connectivity index (χ0v) is 15.8. The monoisotopic (exact) mass is 382 g/mol. The molecule has 4 N–H and O–H groups in total. The van der Waals surface area contributed by atoms with Crippen LogP contribution in [-0.4, -0.2) is 50.4 Å². The number of rotatable bonds is 4. The third-order valence-corrected chi connectivity index (χ3v) is 6.04. The van der Waals surface area contributed by atoms with Crippen molar-refractivity contribution in [3.63, 3.8) is 0 Å². The molecule has 2 rings (SSSR count). The second-order valence-electron chi connectivity index (χ2n) is 6.41. The predicted octanol–water partition coefficient (Wildman–Crippen LogP) is -0.558. The number of amides is 3. The van der Waals surface area contributed by atoms with Crippen LogP contribution in [0.5, 0.6) is 0 Å². The Kier molecular flexibility index (Phi) is 5.11. The van der Waals surface area contributed by atoms with E-state index in [1.807, 2.05) is 0 Å². The number of anilines is 2. The molecule has 1 aromatic carbocycles. The summed E-state index contributed by atoms with van der Waals surface area (Å²) in [4.78, 5) is 38.5. The lowest BCUT2D eigenvalue weighted by Crippen LogP contribution is -2.66. The number of nitrogens with zero attached hydrogens (tertiary/aromatic N) is 1. The summed E-state index contributed by atoms with van der Waals surface area (Å²) >= 11 is 0. The van der Waals surface area contributed by atoms with Crippen LogP contribution in [0.1, 0.15) is 13.8 Å². The van der Waals surface area contributed by atoms with E-state index in [-0.39, 0.29) is 11.4 Å². The topological polar surface area (TPSA) is 139 Å². The third kappa shape index (κ3) is 3.17. The molecule has 3 unspecified atom stereocenters. The zero-order chi connectivity index (χ0) is 19.9. The summed E-state index contributed by atoms with van der Waals surface area (Å²) < 4.78 is 25.3. The molecule has 0 saturated carbocycles. The van der Waals surface area contributed by atoms with Gasteiger partial charge in [-0.25, -0.2) is 8.42 Å². The molecule has 10 heteroatoms. The summed E-state index contributed by atoms with van der Waals surface area (Å²) in [6, 6.07) is 6.33. The van der Waals surface area contributed by atoms with Crippen molar-refractivity contribution in [3.8, 4) is 0 Å². The number of carbonyl (C=O) groups is 3. The lowest BCUT2D eigenvalue weighted by atomic mass is 9.83. The number of hydrogen-bond acceptors (Lipinski definition) is 6. The molecule has 1 heterocycles. The van der Waals surface area contributed by atoms with Crippen LogP contribution >= 0.6 is 0 Å². The van der Waals surface area contributed by atoms with Gasteiger partial charge in [-0.2, -0.15) is 0 Å². The first-order chi connectivity index (χ1) is 11.9. The fourth-order valence-electron chi connectivity index (χ4n) is 3.18. The smallest absolute Gasteiger partial charge is 0.238 e. The maximum Gasteiger partial charge on any atom is 0.238 e. The largest absolute Gasteiger partial charge is 0.368 e. The highest BCUT2D eigenvalue weighted by Gasteiger charge is 2.55. The first-order valence-electron chi connectivity index (χ1n) is 7.82. The van der Waals surface area contributed by atoms with Crippen LogP contribution < -0.4 is 21.3 Å². The summed E-state index contributed by atoms with van der Waals surface area (Å²) in [5.74, 6) is -3.70. The number of benzene rings is 1. The van der Waals surface area contributed by atoms with Crippen molar-refractivity contribution < 1.29 is 22.8 Å². The molecule has 0 fully saturated rings. The Morgan fingerprint density at radius 2 is 1.88 bits per heavy atom. The van der Waals surface area contributed by atoms with Gasteiger partial charge in [0.25, 0.3) is 0 Å². The Labute approximate surface area is 151 Å². The van der Waals surface area contributed by atoms with E-state index < -0.39 is 44.4 Å². The predicted molar refractivity (Wildman–Crippen MR) is 97.0 cm³/mol. The summed E-state index contributed by atoms with van der Waals surface area (Å²) in [6.07, 6.45) is 0.916. The van der Waals surface area contributed by atoms with E-state index >= 15 is 0 Å².